The largest absolute Gasteiger partial charge is 0.159 e. The second-order valence-electron chi connectivity index (χ2n) is 12.0. The fourth-order valence-electron chi connectivity index (χ4n) is 6.23. The zero-order valence-electron chi connectivity index (χ0n) is 24.4. The number of allylic oxidation sites excluding steroid dienone is 4. The summed E-state index contributed by atoms with van der Waals surface area (Å²) >= 11 is 0. The SMILES string of the molecule is CC(C)c1cccc([Si](c2cccc(C(C)C)c2)(c2cccc(C(C)C)c2)C2C=CC=C2c2ccccc2)c1. The molecule has 39 heavy (non-hydrogen) atoms. The minimum atomic E-state index is -2.62. The molecule has 0 fully saturated rings. The first-order chi connectivity index (χ1) is 18.8. The van der Waals surface area contributed by atoms with Crippen molar-refractivity contribution in [1.29, 1.82) is 0 Å². The summed E-state index contributed by atoms with van der Waals surface area (Å²) in [6.45, 7) is 13.9. The summed E-state index contributed by atoms with van der Waals surface area (Å²) in [5, 5.41) is 4.48. The Morgan fingerprint density at radius 3 is 1.36 bits per heavy atom. The van der Waals surface area contributed by atoms with Gasteiger partial charge in [-0.3, -0.25) is 0 Å². The van der Waals surface area contributed by atoms with Crippen LogP contribution in [0.15, 0.2) is 121 Å². The van der Waals surface area contributed by atoms with Crippen molar-refractivity contribution in [2.75, 3.05) is 0 Å². The second kappa shape index (κ2) is 11.4. The highest BCUT2D eigenvalue weighted by Crippen LogP contribution is 2.41. The summed E-state index contributed by atoms with van der Waals surface area (Å²) in [5.74, 6) is 1.43. The molecule has 0 saturated heterocycles. The third-order valence-corrected chi connectivity index (χ3v) is 13.6. The van der Waals surface area contributed by atoms with Crippen LogP contribution >= 0.6 is 0 Å². The van der Waals surface area contributed by atoms with Gasteiger partial charge >= 0.3 is 0 Å². The maximum absolute atomic E-state index is 2.62. The van der Waals surface area contributed by atoms with Crippen molar-refractivity contribution < 1.29 is 0 Å². The minimum Gasteiger partial charge on any atom is -0.0787 e. The van der Waals surface area contributed by atoms with Crippen LogP contribution in [0.1, 0.15) is 81.5 Å². The van der Waals surface area contributed by atoms with Gasteiger partial charge in [0.15, 0.2) is 8.07 Å². The van der Waals surface area contributed by atoms with Gasteiger partial charge < -0.3 is 0 Å². The van der Waals surface area contributed by atoms with Gasteiger partial charge in [0.05, 0.1) is 0 Å². The molecule has 1 atom stereocenters. The highest BCUT2D eigenvalue weighted by Gasteiger charge is 2.48. The highest BCUT2D eigenvalue weighted by atomic mass is 28.3. The molecule has 0 bridgehead atoms. The number of rotatable bonds is 8. The van der Waals surface area contributed by atoms with Crippen molar-refractivity contribution in [3.05, 3.63) is 144 Å². The first kappa shape index (κ1) is 27.2. The van der Waals surface area contributed by atoms with Crippen molar-refractivity contribution in [1.82, 2.24) is 0 Å². The van der Waals surface area contributed by atoms with E-state index in [1.54, 1.807) is 0 Å². The van der Waals surface area contributed by atoms with E-state index in [4.69, 9.17) is 0 Å². The van der Waals surface area contributed by atoms with Crippen molar-refractivity contribution >= 4 is 29.2 Å². The lowest BCUT2D eigenvalue weighted by Gasteiger charge is -2.41. The molecule has 0 saturated carbocycles. The topological polar surface area (TPSA) is 0 Å². The van der Waals surface area contributed by atoms with Crippen molar-refractivity contribution in [2.45, 2.75) is 64.8 Å². The van der Waals surface area contributed by atoms with Crippen LogP contribution in [0.5, 0.6) is 0 Å². The third-order valence-electron chi connectivity index (χ3n) is 8.51. The molecule has 0 amide bonds. The summed E-state index contributed by atoms with van der Waals surface area (Å²) < 4.78 is 0. The summed E-state index contributed by atoms with van der Waals surface area (Å²) in [6, 6.07) is 39.8. The molecule has 198 valence electrons. The Morgan fingerprint density at radius 2 is 0.949 bits per heavy atom. The van der Waals surface area contributed by atoms with E-state index in [-0.39, 0.29) is 5.54 Å². The van der Waals surface area contributed by atoms with E-state index in [0.717, 1.165) is 0 Å². The van der Waals surface area contributed by atoms with E-state index in [9.17, 15) is 0 Å². The number of hydrogen-bond acceptors (Lipinski definition) is 0. The van der Waals surface area contributed by atoms with E-state index in [1.807, 2.05) is 0 Å². The van der Waals surface area contributed by atoms with Crippen LogP contribution in [0.4, 0.5) is 0 Å². The molecule has 1 unspecified atom stereocenters. The lowest BCUT2D eigenvalue weighted by molar-refractivity contribution is 0.867. The molecule has 0 spiro atoms. The Bertz CT molecular complexity index is 1360. The van der Waals surface area contributed by atoms with Crippen LogP contribution in [-0.2, 0) is 0 Å². The molecule has 0 heterocycles. The van der Waals surface area contributed by atoms with Crippen molar-refractivity contribution in [2.24, 2.45) is 0 Å². The summed E-state index contributed by atoms with van der Waals surface area (Å²) in [4.78, 5) is 0. The van der Waals surface area contributed by atoms with E-state index in [1.165, 1.54) is 43.4 Å². The lowest BCUT2D eigenvalue weighted by Crippen LogP contribution is -2.69. The Balaban J connectivity index is 1.90. The molecular formula is C38H42Si. The van der Waals surface area contributed by atoms with E-state index < -0.39 is 8.07 Å². The van der Waals surface area contributed by atoms with Crippen molar-refractivity contribution in [3.8, 4) is 0 Å². The molecule has 0 radical (unpaired) electrons. The van der Waals surface area contributed by atoms with Gasteiger partial charge in [0, 0.05) is 5.54 Å². The predicted molar refractivity (Wildman–Crippen MR) is 174 cm³/mol. The van der Waals surface area contributed by atoms with Crippen LogP contribution < -0.4 is 15.6 Å². The molecule has 0 nitrogen and oxygen atoms in total. The van der Waals surface area contributed by atoms with Gasteiger partial charge in [-0.1, -0.05) is 163 Å². The molecule has 4 aromatic rings. The molecule has 0 aromatic heterocycles. The molecule has 4 aromatic carbocycles. The summed E-state index contributed by atoms with van der Waals surface area (Å²) in [5.41, 5.74) is 7.28. The lowest BCUT2D eigenvalue weighted by atomic mass is 10.0. The molecule has 0 aliphatic heterocycles. The molecule has 1 aliphatic rings. The zero-order chi connectivity index (χ0) is 27.6. The van der Waals surface area contributed by atoms with Gasteiger partial charge in [-0.05, 0) is 61.1 Å². The van der Waals surface area contributed by atoms with Crippen LogP contribution in [0.2, 0.25) is 5.54 Å². The van der Waals surface area contributed by atoms with E-state index >= 15 is 0 Å². The molecule has 0 N–H and O–H groups in total. The monoisotopic (exact) mass is 526 g/mol. The van der Waals surface area contributed by atoms with Crippen molar-refractivity contribution in [3.63, 3.8) is 0 Å². The quantitative estimate of drug-likeness (QED) is 0.159. The molecule has 5 rings (SSSR count). The van der Waals surface area contributed by atoms with Crippen LogP contribution in [0.25, 0.3) is 5.57 Å². The predicted octanol–water partition coefficient (Wildman–Crippen LogP) is 8.55. The fourth-order valence-corrected chi connectivity index (χ4v) is 11.7. The zero-order valence-corrected chi connectivity index (χ0v) is 25.4. The smallest absolute Gasteiger partial charge is 0.0787 e. The van der Waals surface area contributed by atoms with E-state index in [0.29, 0.717) is 17.8 Å². The highest BCUT2D eigenvalue weighted by molar-refractivity contribution is 7.13. The van der Waals surface area contributed by atoms with Crippen LogP contribution in [0, 0.1) is 0 Å². The van der Waals surface area contributed by atoms with Gasteiger partial charge in [0.25, 0.3) is 0 Å². The fraction of sp³-hybridized carbons (Fsp3) is 0.263. The number of hydrogen-bond donors (Lipinski definition) is 0. The Labute approximate surface area is 237 Å². The van der Waals surface area contributed by atoms with Gasteiger partial charge in [-0.15, -0.1) is 0 Å². The minimum absolute atomic E-state index is 0.284. The standard InChI is InChI=1S/C38H42Si/c1-27(2)31-16-10-19-34(24-31)39(35-20-11-17-32(25-35)28(3)4,36-21-12-18-33(26-36)29(5)6)38-23-13-22-37(38)30-14-8-7-9-15-30/h7-29,38H,1-6H3. The molecule has 1 heteroatoms. The Hall–Kier alpha value is -3.42. The molecular weight excluding hydrogens is 485 g/mol. The average molecular weight is 527 g/mol. The van der Waals surface area contributed by atoms with Crippen LogP contribution in [-0.4, -0.2) is 8.07 Å². The summed E-state index contributed by atoms with van der Waals surface area (Å²) in [6.07, 6.45) is 7.17. The maximum Gasteiger partial charge on any atom is 0.159 e. The normalized spacial score (nSPS) is 15.4. The van der Waals surface area contributed by atoms with Gasteiger partial charge in [-0.2, -0.15) is 0 Å². The number of benzene rings is 4. The van der Waals surface area contributed by atoms with E-state index in [2.05, 4.69) is 163 Å². The van der Waals surface area contributed by atoms with Crippen LogP contribution in [0.3, 0.4) is 0 Å². The first-order valence-corrected chi connectivity index (χ1v) is 16.6. The molecule has 1 aliphatic carbocycles. The summed E-state index contributed by atoms with van der Waals surface area (Å²) in [7, 11) is -2.62. The van der Waals surface area contributed by atoms with Gasteiger partial charge in [0.2, 0.25) is 0 Å². The third kappa shape index (κ3) is 5.13. The maximum atomic E-state index is 2.54. The second-order valence-corrected chi connectivity index (χ2v) is 16.0. The van der Waals surface area contributed by atoms with Gasteiger partial charge in [0.1, 0.15) is 0 Å². The first-order valence-electron chi connectivity index (χ1n) is 14.6. The average Bonchev–Trinajstić information content (AvgIpc) is 3.45. The van der Waals surface area contributed by atoms with Gasteiger partial charge in [-0.25, -0.2) is 0 Å². The Morgan fingerprint density at radius 1 is 0.513 bits per heavy atom. The Kier molecular flexibility index (Phi) is 7.91.